The average molecular weight is 234 g/mol. The molecule has 96 valence electrons. The lowest BCUT2D eigenvalue weighted by Gasteiger charge is -2.39. The van der Waals surface area contributed by atoms with Crippen molar-refractivity contribution in [2.24, 2.45) is 23.7 Å². The van der Waals surface area contributed by atoms with Gasteiger partial charge in [-0.2, -0.15) is 0 Å². The molecule has 0 aromatic heterocycles. The summed E-state index contributed by atoms with van der Waals surface area (Å²) >= 11 is 0. The molecule has 0 N–H and O–H groups in total. The first-order valence-corrected chi connectivity index (χ1v) is 7.85. The third-order valence-electron chi connectivity index (χ3n) is 5.71. The third kappa shape index (κ3) is 2.58. The smallest absolute Gasteiger partial charge is 0.136 e. The van der Waals surface area contributed by atoms with Crippen LogP contribution in [0.15, 0.2) is 0 Å². The molecule has 1 heteroatoms. The van der Waals surface area contributed by atoms with E-state index in [4.69, 9.17) is 0 Å². The fourth-order valence-corrected chi connectivity index (χ4v) is 4.31. The molecule has 0 aromatic rings. The van der Waals surface area contributed by atoms with E-state index in [9.17, 15) is 4.79 Å². The molecule has 0 heterocycles. The minimum atomic E-state index is 0.454. The van der Waals surface area contributed by atoms with Crippen LogP contribution in [0.4, 0.5) is 0 Å². The summed E-state index contributed by atoms with van der Waals surface area (Å²) in [7, 11) is 0. The number of fused-ring (bicyclic) bond motifs is 1. The lowest BCUT2D eigenvalue weighted by Crippen LogP contribution is -2.32. The van der Waals surface area contributed by atoms with E-state index in [0.29, 0.717) is 11.7 Å². The van der Waals surface area contributed by atoms with Crippen LogP contribution in [0.2, 0.25) is 0 Å². The summed E-state index contributed by atoms with van der Waals surface area (Å²) in [6, 6.07) is 0. The summed E-state index contributed by atoms with van der Waals surface area (Å²) in [6.07, 6.45) is 14.5. The summed E-state index contributed by atoms with van der Waals surface area (Å²) in [5.41, 5.74) is 0. The highest BCUT2D eigenvalue weighted by Crippen LogP contribution is 2.43. The van der Waals surface area contributed by atoms with Crippen molar-refractivity contribution in [2.45, 2.75) is 70.6 Å². The Hall–Kier alpha value is -0.330. The average Bonchev–Trinajstić information content (AvgIpc) is 2.33. The van der Waals surface area contributed by atoms with Crippen LogP contribution in [0.25, 0.3) is 0 Å². The normalized spacial score (nSPS) is 38.2. The molecule has 0 spiro atoms. The standard InChI is InChI=1S/C16H26O/c17-16(10-12-4-3-5-12)15-9-8-13-6-1-2-7-14(13)11-15/h12-15H,1-11H2. The molecule has 1 nitrogen and oxygen atoms in total. The number of carbonyl (C=O) groups is 1. The molecule has 0 bridgehead atoms. The Balaban J connectivity index is 1.52. The first kappa shape index (κ1) is 11.7. The zero-order valence-corrected chi connectivity index (χ0v) is 11.0. The maximum Gasteiger partial charge on any atom is 0.136 e. The lowest BCUT2D eigenvalue weighted by atomic mass is 9.66. The van der Waals surface area contributed by atoms with Gasteiger partial charge in [0.1, 0.15) is 5.78 Å². The minimum absolute atomic E-state index is 0.454. The summed E-state index contributed by atoms with van der Waals surface area (Å²) in [5.74, 6) is 3.74. The molecule has 17 heavy (non-hydrogen) atoms. The SMILES string of the molecule is O=C(CC1CCC1)C1CCC2CCCCC2C1. The van der Waals surface area contributed by atoms with Crippen molar-refractivity contribution < 1.29 is 4.79 Å². The van der Waals surface area contributed by atoms with E-state index >= 15 is 0 Å². The second-order valence-electron chi connectivity index (χ2n) is 6.78. The Morgan fingerprint density at radius 1 is 0.824 bits per heavy atom. The van der Waals surface area contributed by atoms with E-state index in [-0.39, 0.29) is 0 Å². The van der Waals surface area contributed by atoms with Crippen LogP contribution in [0.3, 0.4) is 0 Å². The van der Waals surface area contributed by atoms with Crippen molar-refractivity contribution in [1.29, 1.82) is 0 Å². The zero-order valence-electron chi connectivity index (χ0n) is 11.0. The van der Waals surface area contributed by atoms with Crippen molar-refractivity contribution in [1.82, 2.24) is 0 Å². The van der Waals surface area contributed by atoms with Gasteiger partial charge in [0, 0.05) is 12.3 Å². The molecule has 0 radical (unpaired) electrons. The Morgan fingerprint density at radius 2 is 1.59 bits per heavy atom. The van der Waals surface area contributed by atoms with Crippen LogP contribution >= 0.6 is 0 Å². The highest BCUT2D eigenvalue weighted by atomic mass is 16.1. The number of carbonyl (C=O) groups excluding carboxylic acids is 1. The number of hydrogen-bond acceptors (Lipinski definition) is 1. The second kappa shape index (κ2) is 5.12. The summed E-state index contributed by atoms with van der Waals surface area (Å²) < 4.78 is 0. The van der Waals surface area contributed by atoms with Crippen molar-refractivity contribution in [3.8, 4) is 0 Å². The monoisotopic (exact) mass is 234 g/mol. The van der Waals surface area contributed by atoms with E-state index in [1.165, 1.54) is 64.2 Å². The Labute approximate surface area is 105 Å². The largest absolute Gasteiger partial charge is 0.299 e. The Morgan fingerprint density at radius 3 is 2.29 bits per heavy atom. The predicted octanol–water partition coefficient (Wildman–Crippen LogP) is 4.35. The molecular formula is C16H26O. The van der Waals surface area contributed by atoms with Crippen molar-refractivity contribution in [3.63, 3.8) is 0 Å². The van der Waals surface area contributed by atoms with Crippen LogP contribution in [-0.4, -0.2) is 5.78 Å². The molecular weight excluding hydrogens is 208 g/mol. The van der Waals surface area contributed by atoms with E-state index in [2.05, 4.69) is 0 Å². The maximum absolute atomic E-state index is 12.3. The van der Waals surface area contributed by atoms with Gasteiger partial charge in [0.15, 0.2) is 0 Å². The third-order valence-corrected chi connectivity index (χ3v) is 5.71. The van der Waals surface area contributed by atoms with Gasteiger partial charge in [0.2, 0.25) is 0 Å². The molecule has 0 aliphatic heterocycles. The van der Waals surface area contributed by atoms with Crippen LogP contribution in [0.5, 0.6) is 0 Å². The first-order chi connectivity index (χ1) is 8.33. The molecule has 3 fully saturated rings. The lowest BCUT2D eigenvalue weighted by molar-refractivity contribution is -0.126. The Bertz CT molecular complexity index is 279. The minimum Gasteiger partial charge on any atom is -0.299 e. The van der Waals surface area contributed by atoms with Gasteiger partial charge in [0.05, 0.1) is 0 Å². The summed E-state index contributed by atoms with van der Waals surface area (Å²) in [6.45, 7) is 0. The van der Waals surface area contributed by atoms with Crippen LogP contribution in [0.1, 0.15) is 70.6 Å². The molecule has 3 saturated carbocycles. The van der Waals surface area contributed by atoms with E-state index in [1.54, 1.807) is 0 Å². The molecule has 3 atom stereocenters. The predicted molar refractivity (Wildman–Crippen MR) is 69.8 cm³/mol. The van der Waals surface area contributed by atoms with Gasteiger partial charge in [-0.25, -0.2) is 0 Å². The van der Waals surface area contributed by atoms with Gasteiger partial charge in [-0.3, -0.25) is 4.79 Å². The van der Waals surface area contributed by atoms with E-state index < -0.39 is 0 Å². The molecule has 0 saturated heterocycles. The van der Waals surface area contributed by atoms with Gasteiger partial charge < -0.3 is 0 Å². The quantitative estimate of drug-likeness (QED) is 0.709. The summed E-state index contributed by atoms with van der Waals surface area (Å²) in [4.78, 5) is 12.3. The van der Waals surface area contributed by atoms with Crippen molar-refractivity contribution in [2.75, 3.05) is 0 Å². The number of ketones is 1. The van der Waals surface area contributed by atoms with Gasteiger partial charge in [0.25, 0.3) is 0 Å². The van der Waals surface area contributed by atoms with Crippen molar-refractivity contribution >= 4 is 5.78 Å². The second-order valence-corrected chi connectivity index (χ2v) is 6.78. The summed E-state index contributed by atoms with van der Waals surface area (Å²) in [5, 5.41) is 0. The number of hydrogen-bond donors (Lipinski definition) is 0. The van der Waals surface area contributed by atoms with Crippen LogP contribution in [0, 0.1) is 23.7 Å². The van der Waals surface area contributed by atoms with Gasteiger partial charge in [-0.05, 0) is 37.0 Å². The van der Waals surface area contributed by atoms with E-state index in [0.717, 1.165) is 24.2 Å². The highest BCUT2D eigenvalue weighted by Gasteiger charge is 2.35. The molecule has 3 rings (SSSR count). The number of rotatable bonds is 3. The maximum atomic E-state index is 12.3. The van der Waals surface area contributed by atoms with E-state index in [1.807, 2.05) is 0 Å². The first-order valence-electron chi connectivity index (χ1n) is 7.85. The molecule has 0 aromatic carbocycles. The molecule has 0 amide bonds. The zero-order chi connectivity index (χ0) is 11.7. The molecule has 3 aliphatic rings. The fourth-order valence-electron chi connectivity index (χ4n) is 4.31. The Kier molecular flexibility index (Phi) is 3.54. The van der Waals surface area contributed by atoms with Crippen molar-refractivity contribution in [3.05, 3.63) is 0 Å². The molecule has 3 aliphatic carbocycles. The van der Waals surface area contributed by atoms with Gasteiger partial charge in [-0.15, -0.1) is 0 Å². The highest BCUT2D eigenvalue weighted by molar-refractivity contribution is 5.81. The number of Topliss-reactive ketones (excluding diaryl/α,β-unsaturated/α-hetero) is 1. The molecule has 3 unspecified atom stereocenters. The van der Waals surface area contributed by atoms with Crippen LogP contribution in [-0.2, 0) is 4.79 Å². The van der Waals surface area contributed by atoms with Crippen LogP contribution < -0.4 is 0 Å². The van der Waals surface area contributed by atoms with Gasteiger partial charge >= 0.3 is 0 Å². The topological polar surface area (TPSA) is 17.1 Å². The fraction of sp³-hybridized carbons (Fsp3) is 0.938. The van der Waals surface area contributed by atoms with Gasteiger partial charge in [-0.1, -0.05) is 44.9 Å².